The van der Waals surface area contributed by atoms with Gasteiger partial charge in [-0.15, -0.1) is 0 Å². The normalized spacial score (nSPS) is 10.4. The Morgan fingerprint density at radius 1 is 1.24 bits per heavy atom. The van der Waals surface area contributed by atoms with E-state index in [4.69, 9.17) is 21.1 Å². The summed E-state index contributed by atoms with van der Waals surface area (Å²) in [6.45, 7) is 0. The SMILES string of the molecule is O=C(O)CCc1ccc(-c2ccccc2Cl)o1. The van der Waals surface area contributed by atoms with Crippen LogP contribution in [0.3, 0.4) is 0 Å². The molecular formula is C13H11ClO3. The van der Waals surface area contributed by atoms with E-state index in [1.54, 1.807) is 18.2 Å². The number of benzene rings is 1. The molecule has 0 saturated carbocycles. The van der Waals surface area contributed by atoms with Crippen LogP contribution in [0.5, 0.6) is 0 Å². The van der Waals surface area contributed by atoms with Crippen molar-refractivity contribution in [3.8, 4) is 11.3 Å². The lowest BCUT2D eigenvalue weighted by Gasteiger charge is -1.99. The molecule has 0 atom stereocenters. The van der Waals surface area contributed by atoms with Gasteiger partial charge in [-0.2, -0.15) is 0 Å². The largest absolute Gasteiger partial charge is 0.481 e. The number of aliphatic carboxylic acids is 1. The van der Waals surface area contributed by atoms with E-state index in [-0.39, 0.29) is 6.42 Å². The first-order chi connectivity index (χ1) is 8.16. The maximum absolute atomic E-state index is 10.4. The van der Waals surface area contributed by atoms with Crippen LogP contribution >= 0.6 is 11.6 Å². The molecule has 0 saturated heterocycles. The van der Waals surface area contributed by atoms with E-state index in [9.17, 15) is 4.79 Å². The second-order valence-corrected chi connectivity index (χ2v) is 4.05. The zero-order valence-corrected chi connectivity index (χ0v) is 9.78. The monoisotopic (exact) mass is 250 g/mol. The van der Waals surface area contributed by atoms with Crippen LogP contribution in [0.1, 0.15) is 12.2 Å². The van der Waals surface area contributed by atoms with Crippen LogP contribution in [0.15, 0.2) is 40.8 Å². The number of carbonyl (C=O) groups is 1. The average molecular weight is 251 g/mol. The Balaban J connectivity index is 2.18. The van der Waals surface area contributed by atoms with E-state index in [0.29, 0.717) is 23.0 Å². The van der Waals surface area contributed by atoms with Gasteiger partial charge in [-0.3, -0.25) is 4.79 Å². The molecule has 0 radical (unpaired) electrons. The Morgan fingerprint density at radius 2 is 2.00 bits per heavy atom. The molecule has 1 N–H and O–H groups in total. The van der Waals surface area contributed by atoms with Crippen molar-refractivity contribution in [1.82, 2.24) is 0 Å². The first-order valence-corrected chi connectivity index (χ1v) is 5.60. The van der Waals surface area contributed by atoms with E-state index in [1.807, 2.05) is 18.2 Å². The molecule has 1 aromatic heterocycles. The van der Waals surface area contributed by atoms with Gasteiger partial charge in [-0.05, 0) is 24.3 Å². The van der Waals surface area contributed by atoms with Crippen molar-refractivity contribution in [2.45, 2.75) is 12.8 Å². The predicted molar refractivity (Wildman–Crippen MR) is 65.1 cm³/mol. The van der Waals surface area contributed by atoms with Gasteiger partial charge in [0, 0.05) is 12.0 Å². The molecule has 0 spiro atoms. The Bertz CT molecular complexity index is 531. The van der Waals surface area contributed by atoms with Gasteiger partial charge in [0.2, 0.25) is 0 Å². The van der Waals surface area contributed by atoms with Gasteiger partial charge in [-0.25, -0.2) is 0 Å². The molecule has 88 valence electrons. The molecule has 0 amide bonds. The van der Waals surface area contributed by atoms with Crippen molar-refractivity contribution in [1.29, 1.82) is 0 Å². The number of rotatable bonds is 4. The summed E-state index contributed by atoms with van der Waals surface area (Å²) < 4.78 is 5.55. The highest BCUT2D eigenvalue weighted by atomic mass is 35.5. The molecule has 0 bridgehead atoms. The third kappa shape index (κ3) is 2.88. The molecule has 1 heterocycles. The maximum Gasteiger partial charge on any atom is 0.303 e. The van der Waals surface area contributed by atoms with Crippen molar-refractivity contribution in [3.05, 3.63) is 47.2 Å². The van der Waals surface area contributed by atoms with Gasteiger partial charge in [-0.1, -0.05) is 23.7 Å². The summed E-state index contributed by atoms with van der Waals surface area (Å²) in [5.41, 5.74) is 0.816. The minimum Gasteiger partial charge on any atom is -0.481 e. The summed E-state index contributed by atoms with van der Waals surface area (Å²) in [6.07, 6.45) is 0.454. The molecule has 2 rings (SSSR count). The van der Waals surface area contributed by atoms with Crippen molar-refractivity contribution in [2.75, 3.05) is 0 Å². The number of halogens is 1. The molecule has 2 aromatic rings. The lowest BCUT2D eigenvalue weighted by molar-refractivity contribution is -0.137. The molecule has 17 heavy (non-hydrogen) atoms. The molecule has 0 unspecified atom stereocenters. The minimum absolute atomic E-state index is 0.0650. The number of furan rings is 1. The minimum atomic E-state index is -0.833. The van der Waals surface area contributed by atoms with Gasteiger partial charge in [0.25, 0.3) is 0 Å². The summed E-state index contributed by atoms with van der Waals surface area (Å²) in [6, 6.07) is 11.0. The van der Waals surface area contributed by atoms with Crippen molar-refractivity contribution >= 4 is 17.6 Å². The molecule has 1 aromatic carbocycles. The molecule has 0 aliphatic carbocycles. The van der Waals surface area contributed by atoms with Crippen LogP contribution in [0.25, 0.3) is 11.3 Å². The van der Waals surface area contributed by atoms with Gasteiger partial charge in [0.05, 0.1) is 11.4 Å². The van der Waals surface area contributed by atoms with E-state index in [0.717, 1.165) is 5.56 Å². The Morgan fingerprint density at radius 3 is 2.71 bits per heavy atom. The smallest absolute Gasteiger partial charge is 0.303 e. The highest BCUT2D eigenvalue weighted by molar-refractivity contribution is 6.33. The van der Waals surface area contributed by atoms with Crippen LogP contribution in [0, 0.1) is 0 Å². The standard InChI is InChI=1S/C13H11ClO3/c14-11-4-2-1-3-10(11)12-7-5-9(17-12)6-8-13(15)16/h1-5,7H,6,8H2,(H,15,16). The molecule has 0 aliphatic heterocycles. The number of hydrogen-bond donors (Lipinski definition) is 1. The maximum atomic E-state index is 10.4. The summed E-state index contributed by atoms with van der Waals surface area (Å²) in [5.74, 6) is 0.485. The van der Waals surface area contributed by atoms with Crippen molar-refractivity contribution in [2.24, 2.45) is 0 Å². The number of hydrogen-bond acceptors (Lipinski definition) is 2. The van der Waals surface area contributed by atoms with Gasteiger partial charge in [0.15, 0.2) is 0 Å². The van der Waals surface area contributed by atoms with E-state index < -0.39 is 5.97 Å². The first-order valence-electron chi connectivity index (χ1n) is 5.22. The molecule has 3 nitrogen and oxygen atoms in total. The van der Waals surface area contributed by atoms with E-state index >= 15 is 0 Å². The van der Waals surface area contributed by atoms with Crippen molar-refractivity contribution < 1.29 is 14.3 Å². The fourth-order valence-electron chi connectivity index (χ4n) is 1.55. The zero-order chi connectivity index (χ0) is 12.3. The van der Waals surface area contributed by atoms with Crippen LogP contribution in [-0.4, -0.2) is 11.1 Å². The second-order valence-electron chi connectivity index (χ2n) is 3.64. The number of carboxylic acids is 1. The molecule has 0 aliphatic rings. The topological polar surface area (TPSA) is 50.4 Å². The van der Waals surface area contributed by atoms with Gasteiger partial charge < -0.3 is 9.52 Å². The lowest BCUT2D eigenvalue weighted by Crippen LogP contribution is -1.96. The fraction of sp³-hybridized carbons (Fsp3) is 0.154. The Labute approximate surface area is 104 Å². The fourth-order valence-corrected chi connectivity index (χ4v) is 1.78. The third-order valence-electron chi connectivity index (χ3n) is 2.39. The highest BCUT2D eigenvalue weighted by Crippen LogP contribution is 2.29. The van der Waals surface area contributed by atoms with Crippen LogP contribution in [0.4, 0.5) is 0 Å². The van der Waals surface area contributed by atoms with Gasteiger partial charge >= 0.3 is 5.97 Å². The number of carboxylic acid groups (broad SMARTS) is 1. The molecule has 0 fully saturated rings. The summed E-state index contributed by atoms with van der Waals surface area (Å²) in [7, 11) is 0. The summed E-state index contributed by atoms with van der Waals surface area (Å²) >= 11 is 6.04. The highest BCUT2D eigenvalue weighted by Gasteiger charge is 2.08. The Hall–Kier alpha value is -1.74. The van der Waals surface area contributed by atoms with Crippen LogP contribution in [-0.2, 0) is 11.2 Å². The first kappa shape index (κ1) is 11.7. The van der Waals surface area contributed by atoms with Gasteiger partial charge in [0.1, 0.15) is 11.5 Å². The third-order valence-corrected chi connectivity index (χ3v) is 2.72. The number of aryl methyl sites for hydroxylation is 1. The quantitative estimate of drug-likeness (QED) is 0.902. The molecule has 4 heteroatoms. The summed E-state index contributed by atoms with van der Waals surface area (Å²) in [5, 5.41) is 9.20. The van der Waals surface area contributed by atoms with Crippen LogP contribution in [0.2, 0.25) is 5.02 Å². The lowest BCUT2D eigenvalue weighted by atomic mass is 10.2. The molecular weight excluding hydrogens is 240 g/mol. The van der Waals surface area contributed by atoms with Crippen molar-refractivity contribution in [3.63, 3.8) is 0 Å². The predicted octanol–water partition coefficient (Wildman–Crippen LogP) is 3.62. The average Bonchev–Trinajstić information content (AvgIpc) is 2.75. The van der Waals surface area contributed by atoms with E-state index in [1.165, 1.54) is 0 Å². The summed E-state index contributed by atoms with van der Waals surface area (Å²) in [4.78, 5) is 10.4. The Kier molecular flexibility index (Phi) is 3.49. The zero-order valence-electron chi connectivity index (χ0n) is 9.02. The van der Waals surface area contributed by atoms with E-state index in [2.05, 4.69) is 0 Å². The van der Waals surface area contributed by atoms with Crippen LogP contribution < -0.4 is 0 Å². The second kappa shape index (κ2) is 5.06.